The summed E-state index contributed by atoms with van der Waals surface area (Å²) in [6.45, 7) is 86.3. The molecule has 642 valence electrons. The highest BCUT2D eigenvalue weighted by molar-refractivity contribution is 5.54. The highest BCUT2D eigenvalue weighted by Crippen LogP contribution is 2.34. The third-order valence-corrected chi connectivity index (χ3v) is 18.5. The lowest BCUT2D eigenvalue weighted by Gasteiger charge is -2.22. The van der Waals surface area contributed by atoms with Gasteiger partial charge in [0, 0.05) is 0 Å². The lowest BCUT2D eigenvalue weighted by Crippen LogP contribution is -2.10. The molecule has 0 spiro atoms. The molecule has 0 saturated carbocycles. The fourth-order valence-corrected chi connectivity index (χ4v) is 12.9. The average molecular weight is 1570 g/mol. The minimum atomic E-state index is 1.10. The molecule has 0 aliphatic heterocycles. The standard InChI is InChI=1S/4C16H16.3C8H10.14C2H6/c1-11-5-3-7-13-10-16-12(2)6-4-8-14(16)9-15(11)13;1-11-5-3-7-13-9-14-8-4-6-12(2)16(14)10-15(11)13;1-11-6-7-13-10-16-12(2)4-3-5-14(16)9-15(13)8-11;1-11-6-7-13-9-14-5-3-4-12(2)16(14)10-15(13)8-11;1-7-3-5-8(2)6-4-7;1-7-4-3-5-8(2)6-7;1-7-5-3-4-6-8(7)2;14*1-2/h4*3-8H,9-10H2,1-2H3;3*3-6H,1-2H3;14*1-2H3. The van der Waals surface area contributed by atoms with Crippen LogP contribution < -0.4 is 0 Å². The van der Waals surface area contributed by atoms with Gasteiger partial charge < -0.3 is 0 Å². The minimum absolute atomic E-state index is 1.10. The van der Waals surface area contributed by atoms with E-state index in [1.54, 1.807) is 33.4 Å². The van der Waals surface area contributed by atoms with Crippen LogP contribution in [0.15, 0.2) is 218 Å². The Labute approximate surface area is 722 Å². The minimum Gasteiger partial charge on any atom is -0.0683 e. The summed E-state index contributed by atoms with van der Waals surface area (Å²) in [4.78, 5) is 0. The Kier molecular flexibility index (Phi) is 76.7. The van der Waals surface area contributed by atoms with Crippen molar-refractivity contribution in [1.82, 2.24) is 0 Å². The lowest BCUT2D eigenvalue weighted by atomic mass is 9.82. The van der Waals surface area contributed by atoms with Gasteiger partial charge in [-0.05, 0) is 282 Å². The molecule has 0 unspecified atom stereocenters. The molecular formula is C116H178. The first-order valence-electron chi connectivity index (χ1n) is 46.1. The average Bonchev–Trinajstić information content (AvgIpc) is 0.813. The van der Waals surface area contributed by atoms with Gasteiger partial charge in [-0.15, -0.1) is 0 Å². The maximum Gasteiger partial charge on any atom is -0.00148 e. The monoisotopic (exact) mass is 1570 g/mol. The maximum absolute atomic E-state index is 2.34. The van der Waals surface area contributed by atoms with Crippen LogP contribution in [0.2, 0.25) is 0 Å². The zero-order chi connectivity index (χ0) is 90.4. The van der Waals surface area contributed by atoms with Crippen LogP contribution in [0.3, 0.4) is 0 Å². The van der Waals surface area contributed by atoms with Gasteiger partial charge in [-0.3, -0.25) is 0 Å². The zero-order valence-corrected chi connectivity index (χ0v) is 83.4. The number of benzene rings is 11. The molecule has 0 amide bonds. The molecule has 11 aromatic rings. The van der Waals surface area contributed by atoms with Crippen molar-refractivity contribution in [3.63, 3.8) is 0 Å². The van der Waals surface area contributed by atoms with E-state index in [0.717, 1.165) is 51.4 Å². The third-order valence-electron chi connectivity index (χ3n) is 18.5. The zero-order valence-electron chi connectivity index (χ0n) is 83.4. The summed E-state index contributed by atoms with van der Waals surface area (Å²) in [6, 6.07) is 79.0. The molecule has 0 fully saturated rings. The number of fused-ring (bicyclic) bond motifs is 8. The lowest BCUT2D eigenvalue weighted by molar-refractivity contribution is 0.973. The first kappa shape index (κ1) is 118. The van der Waals surface area contributed by atoms with Crippen molar-refractivity contribution in [2.45, 2.75) is 342 Å². The first-order valence-corrected chi connectivity index (χ1v) is 46.1. The molecule has 0 heterocycles. The Hall–Kier alpha value is -8.58. The number of hydrogen-bond donors (Lipinski definition) is 0. The van der Waals surface area contributed by atoms with E-state index in [1.165, 1.54) is 134 Å². The molecular weight excluding hydrogens is 1390 g/mol. The van der Waals surface area contributed by atoms with E-state index in [1.807, 2.05) is 194 Å². The number of rotatable bonds is 0. The fourth-order valence-electron chi connectivity index (χ4n) is 12.9. The van der Waals surface area contributed by atoms with Gasteiger partial charge >= 0.3 is 0 Å². The molecule has 0 aromatic heterocycles. The van der Waals surface area contributed by atoms with E-state index in [9.17, 15) is 0 Å². The predicted molar refractivity (Wildman–Crippen MR) is 539 cm³/mol. The van der Waals surface area contributed by atoms with Gasteiger partial charge in [0.2, 0.25) is 0 Å². The van der Waals surface area contributed by atoms with Crippen molar-refractivity contribution in [2.75, 3.05) is 0 Å². The molecule has 0 atom stereocenters. The van der Waals surface area contributed by atoms with Crippen LogP contribution in [0, 0.1) is 96.9 Å². The van der Waals surface area contributed by atoms with Gasteiger partial charge in [0.15, 0.2) is 0 Å². The van der Waals surface area contributed by atoms with Gasteiger partial charge in [0.05, 0.1) is 0 Å². The van der Waals surface area contributed by atoms with Crippen LogP contribution in [-0.4, -0.2) is 0 Å². The van der Waals surface area contributed by atoms with E-state index < -0.39 is 0 Å². The van der Waals surface area contributed by atoms with Gasteiger partial charge in [-0.25, -0.2) is 0 Å². The Morgan fingerprint density at radius 2 is 0.293 bits per heavy atom. The molecule has 0 saturated heterocycles. The van der Waals surface area contributed by atoms with Crippen LogP contribution in [0.4, 0.5) is 0 Å². The van der Waals surface area contributed by atoms with E-state index in [2.05, 4.69) is 315 Å². The number of aryl methyl sites for hydroxylation is 14. The van der Waals surface area contributed by atoms with Crippen LogP contribution in [0.5, 0.6) is 0 Å². The third kappa shape index (κ3) is 42.5. The summed E-state index contributed by atoms with van der Waals surface area (Å²) < 4.78 is 0. The van der Waals surface area contributed by atoms with Gasteiger partial charge in [0.25, 0.3) is 0 Å². The SMILES string of the molecule is CC.CC.CC.CC.CC.CC.CC.CC.CC.CC.CC.CC.CC.CC.Cc1ccc(C)cc1.Cc1ccc2c(c1)Cc1c(C)cccc1C2.Cc1ccc2c(c1)Cc1cccc(C)c1C2.Cc1cccc(C)c1.Cc1cccc2c1Cc1c(C)cccc1C2.Cc1cccc2c1Cc1cccc(C)c1C2.Cc1ccccc1C. The Bertz CT molecular complexity index is 3980. The van der Waals surface area contributed by atoms with Crippen molar-refractivity contribution in [1.29, 1.82) is 0 Å². The van der Waals surface area contributed by atoms with E-state index in [-0.39, 0.29) is 0 Å². The second-order valence-corrected chi connectivity index (χ2v) is 25.6. The quantitative estimate of drug-likeness (QED) is 0.142. The van der Waals surface area contributed by atoms with E-state index in [4.69, 9.17) is 0 Å². The maximum atomic E-state index is 2.34. The van der Waals surface area contributed by atoms with Crippen molar-refractivity contribution in [2.24, 2.45) is 0 Å². The summed E-state index contributed by atoms with van der Waals surface area (Å²) in [5.74, 6) is 0. The molecule has 0 heteroatoms. The normalized spacial score (nSPS) is 9.88. The van der Waals surface area contributed by atoms with Crippen LogP contribution >= 0.6 is 0 Å². The highest BCUT2D eigenvalue weighted by Gasteiger charge is 2.21. The molecule has 15 rings (SSSR count). The highest BCUT2D eigenvalue weighted by atomic mass is 14.3. The van der Waals surface area contributed by atoms with Crippen LogP contribution in [0.25, 0.3) is 0 Å². The predicted octanol–water partition coefficient (Wildman–Crippen LogP) is 36.5. The van der Waals surface area contributed by atoms with E-state index in [0.29, 0.717) is 0 Å². The summed E-state index contributed by atoms with van der Waals surface area (Å²) >= 11 is 0. The van der Waals surface area contributed by atoms with Crippen molar-refractivity contribution in [3.8, 4) is 0 Å². The Morgan fingerprint density at radius 1 is 0.121 bits per heavy atom. The largest absolute Gasteiger partial charge is 0.0683 e. The summed E-state index contributed by atoms with van der Waals surface area (Å²) in [5.41, 5.74) is 43.8. The molecule has 0 N–H and O–H groups in total. The van der Waals surface area contributed by atoms with Crippen LogP contribution in [-0.2, 0) is 51.4 Å². The Morgan fingerprint density at radius 3 is 0.543 bits per heavy atom. The van der Waals surface area contributed by atoms with Gasteiger partial charge in [-0.1, -0.05) is 446 Å². The fraction of sp³-hybridized carbons (Fsp3) is 0.431. The molecule has 0 radical (unpaired) electrons. The molecule has 0 nitrogen and oxygen atoms in total. The molecule has 0 bridgehead atoms. The molecule has 4 aliphatic carbocycles. The van der Waals surface area contributed by atoms with Crippen LogP contribution in [0.1, 0.15) is 361 Å². The van der Waals surface area contributed by atoms with Crippen molar-refractivity contribution < 1.29 is 0 Å². The second kappa shape index (κ2) is 75.2. The van der Waals surface area contributed by atoms with Crippen molar-refractivity contribution in [3.05, 3.63) is 385 Å². The summed E-state index contributed by atoms with van der Waals surface area (Å²) in [6.07, 6.45) is 8.87. The van der Waals surface area contributed by atoms with E-state index >= 15 is 0 Å². The second-order valence-electron chi connectivity index (χ2n) is 25.6. The first-order chi connectivity index (χ1) is 56.4. The molecule has 4 aliphatic rings. The smallest absolute Gasteiger partial charge is 0.00148 e. The summed E-state index contributed by atoms with van der Waals surface area (Å²) in [7, 11) is 0. The molecule has 116 heavy (non-hydrogen) atoms. The molecule has 11 aromatic carbocycles. The van der Waals surface area contributed by atoms with Gasteiger partial charge in [-0.2, -0.15) is 0 Å². The summed E-state index contributed by atoms with van der Waals surface area (Å²) in [5, 5.41) is 0. The topological polar surface area (TPSA) is 0 Å². The number of hydrogen-bond acceptors (Lipinski definition) is 0. The Balaban J connectivity index is -0.000000293. The van der Waals surface area contributed by atoms with Gasteiger partial charge in [0.1, 0.15) is 0 Å². The van der Waals surface area contributed by atoms with Crippen molar-refractivity contribution >= 4 is 0 Å².